The molecule has 1 atom stereocenters. The number of amides is 1. The third-order valence-corrected chi connectivity index (χ3v) is 5.71. The third-order valence-electron chi connectivity index (χ3n) is 5.71. The summed E-state index contributed by atoms with van der Waals surface area (Å²) >= 11 is 0. The van der Waals surface area contributed by atoms with Gasteiger partial charge in [-0.2, -0.15) is 0 Å². The topological polar surface area (TPSA) is 88.4 Å². The van der Waals surface area contributed by atoms with Gasteiger partial charge in [0.1, 0.15) is 24.3 Å². The summed E-state index contributed by atoms with van der Waals surface area (Å²) in [5.41, 5.74) is 3.07. The van der Waals surface area contributed by atoms with Crippen LogP contribution in [0.1, 0.15) is 17.0 Å². The number of hydrogen-bond acceptors (Lipinski definition) is 5. The van der Waals surface area contributed by atoms with Crippen molar-refractivity contribution in [2.45, 2.75) is 25.5 Å². The van der Waals surface area contributed by atoms with E-state index in [9.17, 15) is 9.90 Å². The van der Waals surface area contributed by atoms with Gasteiger partial charge >= 0.3 is 0 Å². The molecule has 0 fully saturated rings. The predicted molar refractivity (Wildman–Crippen MR) is 141 cm³/mol. The summed E-state index contributed by atoms with van der Waals surface area (Å²) in [4.78, 5) is 16.9. The number of aliphatic hydroxyl groups excluding tert-OH is 1. The monoisotopic (exact) mass is 484 g/mol. The van der Waals surface area contributed by atoms with E-state index in [1.807, 2.05) is 83.6 Å². The second kappa shape index (κ2) is 13.2. The molecule has 186 valence electrons. The zero-order valence-electron chi connectivity index (χ0n) is 20.2. The van der Waals surface area contributed by atoms with Crippen LogP contribution in [0.15, 0.2) is 97.3 Å². The fourth-order valence-electron chi connectivity index (χ4n) is 3.80. The third kappa shape index (κ3) is 8.08. The molecule has 4 rings (SSSR count). The maximum Gasteiger partial charge on any atom is 0.231 e. The summed E-state index contributed by atoms with van der Waals surface area (Å²) < 4.78 is 7.56. The van der Waals surface area contributed by atoms with Crippen LogP contribution in [0.3, 0.4) is 0 Å². The van der Waals surface area contributed by atoms with E-state index in [1.54, 1.807) is 6.20 Å². The molecule has 1 heterocycles. The molecule has 0 radical (unpaired) electrons. The molecule has 1 aromatic heterocycles. The van der Waals surface area contributed by atoms with Crippen molar-refractivity contribution in [3.05, 3.63) is 114 Å². The molecule has 3 N–H and O–H groups in total. The molecule has 0 aliphatic carbocycles. The van der Waals surface area contributed by atoms with Gasteiger partial charge in [-0.05, 0) is 48.4 Å². The Balaban J connectivity index is 1.15. The van der Waals surface area contributed by atoms with Gasteiger partial charge in [0.25, 0.3) is 0 Å². The van der Waals surface area contributed by atoms with Crippen LogP contribution in [0.25, 0.3) is 0 Å². The van der Waals surface area contributed by atoms with Crippen LogP contribution < -0.4 is 15.4 Å². The summed E-state index contributed by atoms with van der Waals surface area (Å²) in [6, 6.07) is 27.4. The smallest absolute Gasteiger partial charge is 0.231 e. The Morgan fingerprint density at radius 3 is 2.42 bits per heavy atom. The summed E-state index contributed by atoms with van der Waals surface area (Å²) in [7, 11) is 0. The number of benzene rings is 3. The normalized spacial score (nSPS) is 11.7. The largest absolute Gasteiger partial charge is 0.491 e. The van der Waals surface area contributed by atoms with Crippen molar-refractivity contribution >= 4 is 11.6 Å². The molecule has 36 heavy (non-hydrogen) atoms. The number of imidazole rings is 1. The first-order chi connectivity index (χ1) is 17.7. The van der Waals surface area contributed by atoms with Crippen LogP contribution in [0.2, 0.25) is 0 Å². The van der Waals surface area contributed by atoms with Gasteiger partial charge in [0, 0.05) is 31.2 Å². The number of anilines is 1. The van der Waals surface area contributed by atoms with Crippen LogP contribution >= 0.6 is 0 Å². The van der Waals surface area contributed by atoms with Gasteiger partial charge in [0.2, 0.25) is 5.91 Å². The molecule has 0 unspecified atom stereocenters. The molecule has 0 aliphatic heterocycles. The van der Waals surface area contributed by atoms with Crippen molar-refractivity contribution in [1.29, 1.82) is 0 Å². The van der Waals surface area contributed by atoms with E-state index in [1.165, 1.54) is 0 Å². The van der Waals surface area contributed by atoms with Crippen molar-refractivity contribution < 1.29 is 14.6 Å². The predicted octanol–water partition coefficient (Wildman–Crippen LogP) is 3.68. The molecule has 4 aromatic rings. The molecule has 0 aliphatic rings. The van der Waals surface area contributed by atoms with E-state index in [2.05, 4.69) is 27.8 Å². The summed E-state index contributed by atoms with van der Waals surface area (Å²) in [6.45, 7) is 2.13. The van der Waals surface area contributed by atoms with E-state index < -0.39 is 6.10 Å². The number of nitrogens with zero attached hydrogens (tertiary/aromatic N) is 2. The standard InChI is InChI=1S/C29H32N4O3/c34-26(22-36-27-9-5-2-6-10-27)20-30-16-15-23-11-13-25(14-12-23)32-29(35)19-28-31-17-18-33(28)21-24-7-3-1-4-8-24/h1-14,17-18,26,30,34H,15-16,19-22H2,(H,32,35)/t26-/m0/s1. The zero-order valence-corrected chi connectivity index (χ0v) is 20.2. The molecular formula is C29H32N4O3. The van der Waals surface area contributed by atoms with E-state index in [-0.39, 0.29) is 18.9 Å². The molecule has 7 nitrogen and oxygen atoms in total. The van der Waals surface area contributed by atoms with Gasteiger partial charge in [0.15, 0.2) is 0 Å². The number of carbonyl (C=O) groups is 1. The van der Waals surface area contributed by atoms with E-state index in [0.29, 0.717) is 13.1 Å². The van der Waals surface area contributed by atoms with Crippen LogP contribution in [-0.2, 0) is 24.2 Å². The Morgan fingerprint density at radius 2 is 1.67 bits per heavy atom. The molecule has 7 heteroatoms. The van der Waals surface area contributed by atoms with Crippen LogP contribution in [0.5, 0.6) is 5.75 Å². The van der Waals surface area contributed by atoms with E-state index in [4.69, 9.17) is 4.74 Å². The Kier molecular flexibility index (Phi) is 9.25. The number of carbonyl (C=O) groups excluding carboxylic acids is 1. The lowest BCUT2D eigenvalue weighted by Crippen LogP contribution is -2.32. The van der Waals surface area contributed by atoms with Crippen LogP contribution in [0, 0.1) is 0 Å². The van der Waals surface area contributed by atoms with Gasteiger partial charge < -0.3 is 25.0 Å². The van der Waals surface area contributed by atoms with Crippen molar-refractivity contribution in [3.8, 4) is 5.75 Å². The summed E-state index contributed by atoms with van der Waals surface area (Å²) in [5.74, 6) is 1.38. The van der Waals surface area contributed by atoms with Crippen LogP contribution in [-0.4, -0.2) is 46.4 Å². The number of aromatic nitrogens is 2. The fraction of sp³-hybridized carbons (Fsp3) is 0.241. The van der Waals surface area contributed by atoms with Gasteiger partial charge in [-0.1, -0.05) is 60.7 Å². The highest BCUT2D eigenvalue weighted by Gasteiger charge is 2.10. The molecular weight excluding hydrogens is 452 g/mol. The summed E-state index contributed by atoms with van der Waals surface area (Å²) in [6.07, 6.45) is 4.07. The number of nitrogens with one attached hydrogen (secondary N) is 2. The number of hydrogen-bond donors (Lipinski definition) is 3. The number of para-hydroxylation sites is 1. The average Bonchev–Trinajstić information content (AvgIpc) is 3.33. The minimum Gasteiger partial charge on any atom is -0.491 e. The highest BCUT2D eigenvalue weighted by molar-refractivity contribution is 5.91. The van der Waals surface area contributed by atoms with Gasteiger partial charge in [0.05, 0.1) is 6.42 Å². The first kappa shape index (κ1) is 25.2. The quantitative estimate of drug-likeness (QED) is 0.252. The second-order valence-electron chi connectivity index (χ2n) is 8.61. The maximum atomic E-state index is 12.6. The maximum absolute atomic E-state index is 12.6. The van der Waals surface area contributed by atoms with Gasteiger partial charge in [-0.3, -0.25) is 4.79 Å². The average molecular weight is 485 g/mol. The number of rotatable bonds is 13. The lowest BCUT2D eigenvalue weighted by Gasteiger charge is -2.13. The summed E-state index contributed by atoms with van der Waals surface area (Å²) in [5, 5.41) is 16.3. The second-order valence-corrected chi connectivity index (χ2v) is 8.61. The Hall–Kier alpha value is -3.94. The van der Waals surface area contributed by atoms with Crippen molar-refractivity contribution in [1.82, 2.24) is 14.9 Å². The minimum atomic E-state index is -0.578. The fourth-order valence-corrected chi connectivity index (χ4v) is 3.80. The number of ether oxygens (including phenoxy) is 1. The van der Waals surface area contributed by atoms with Crippen molar-refractivity contribution in [2.24, 2.45) is 0 Å². The SMILES string of the molecule is O=C(Cc1nccn1Cc1ccccc1)Nc1ccc(CCNC[C@H](O)COc2ccccc2)cc1. The Bertz CT molecular complexity index is 1190. The Labute approximate surface area is 211 Å². The first-order valence-electron chi connectivity index (χ1n) is 12.1. The molecule has 0 saturated heterocycles. The lowest BCUT2D eigenvalue weighted by atomic mass is 10.1. The molecule has 0 spiro atoms. The highest BCUT2D eigenvalue weighted by Crippen LogP contribution is 2.12. The minimum absolute atomic E-state index is 0.100. The lowest BCUT2D eigenvalue weighted by molar-refractivity contribution is -0.115. The van der Waals surface area contributed by atoms with Crippen molar-refractivity contribution in [2.75, 3.05) is 25.0 Å². The van der Waals surface area contributed by atoms with Crippen molar-refractivity contribution in [3.63, 3.8) is 0 Å². The molecule has 0 bridgehead atoms. The van der Waals surface area contributed by atoms with E-state index >= 15 is 0 Å². The molecule has 3 aromatic carbocycles. The highest BCUT2D eigenvalue weighted by atomic mass is 16.5. The first-order valence-corrected chi connectivity index (χ1v) is 12.1. The Morgan fingerprint density at radius 1 is 0.944 bits per heavy atom. The number of aliphatic hydroxyl groups is 1. The molecule has 1 amide bonds. The zero-order chi connectivity index (χ0) is 25.0. The van der Waals surface area contributed by atoms with Crippen LogP contribution in [0.4, 0.5) is 5.69 Å². The van der Waals surface area contributed by atoms with Gasteiger partial charge in [-0.15, -0.1) is 0 Å². The van der Waals surface area contributed by atoms with E-state index in [0.717, 1.165) is 41.4 Å². The van der Waals surface area contributed by atoms with Gasteiger partial charge in [-0.25, -0.2) is 4.98 Å². The molecule has 0 saturated carbocycles.